The van der Waals surface area contributed by atoms with Gasteiger partial charge in [0.2, 0.25) is 10.7 Å². The first-order valence-electron chi connectivity index (χ1n) is 16.8. The number of carboxylic acids is 1. The van der Waals surface area contributed by atoms with Crippen LogP contribution >= 0.6 is 53.7 Å². The van der Waals surface area contributed by atoms with Gasteiger partial charge in [-0.25, -0.2) is 14.1 Å². The fourth-order valence-electron chi connectivity index (χ4n) is 4.84. The number of amides is 1. The molecule has 2 heterocycles. The Morgan fingerprint density at radius 2 is 1.87 bits per heavy atom. The second kappa shape index (κ2) is 23.1. The lowest BCUT2D eigenvalue weighted by Crippen LogP contribution is -2.35. The molecule has 2 atom stereocenters. The van der Waals surface area contributed by atoms with E-state index in [9.17, 15) is 28.1 Å². The van der Waals surface area contributed by atoms with Gasteiger partial charge in [-0.05, 0) is 74.1 Å². The number of carboxylic acid groups (broad SMARTS) is 1. The lowest BCUT2D eigenvalue weighted by atomic mass is 10.0. The van der Waals surface area contributed by atoms with Crippen LogP contribution in [-0.4, -0.2) is 88.2 Å². The molecule has 1 aromatic heterocycles. The number of alkyl halides is 1. The Balaban J connectivity index is 0.000000305. The van der Waals surface area contributed by atoms with Crippen molar-refractivity contribution in [3.05, 3.63) is 66.8 Å². The molecule has 54 heavy (non-hydrogen) atoms. The Kier molecular flexibility index (Phi) is 20.2. The van der Waals surface area contributed by atoms with Crippen LogP contribution in [-0.2, 0) is 47.9 Å². The van der Waals surface area contributed by atoms with Gasteiger partial charge in [0.15, 0.2) is 7.37 Å². The Labute approximate surface area is 331 Å². The van der Waals surface area contributed by atoms with Gasteiger partial charge < -0.3 is 25.2 Å². The molecule has 2 aromatic carbocycles. The van der Waals surface area contributed by atoms with Crippen molar-refractivity contribution >= 4 is 82.9 Å². The van der Waals surface area contributed by atoms with Crippen LogP contribution in [0.1, 0.15) is 44.2 Å². The van der Waals surface area contributed by atoms with Crippen molar-refractivity contribution in [2.75, 3.05) is 49.8 Å². The first-order valence-corrected chi connectivity index (χ1v) is 21.8. The number of aliphatic carboxylic acids is 1. The van der Waals surface area contributed by atoms with Crippen molar-refractivity contribution < 1.29 is 42.8 Å². The van der Waals surface area contributed by atoms with E-state index in [1.54, 1.807) is 14.3 Å². The Morgan fingerprint density at radius 3 is 2.44 bits per heavy atom. The number of esters is 1. The van der Waals surface area contributed by atoms with E-state index >= 15 is 0 Å². The van der Waals surface area contributed by atoms with Crippen LogP contribution < -0.4 is 20.3 Å². The lowest BCUT2D eigenvalue weighted by molar-refractivity contribution is -0.139. The second-order valence-electron chi connectivity index (χ2n) is 11.8. The number of halogens is 3. The molecule has 0 aliphatic carbocycles. The number of nitrogens with zero attached hydrogens (tertiary/aromatic N) is 4. The maximum Gasteiger partial charge on any atom is 0.325 e. The van der Waals surface area contributed by atoms with Crippen LogP contribution in [0.3, 0.4) is 0 Å². The first kappa shape index (κ1) is 47.1. The molecule has 0 saturated heterocycles. The summed E-state index contributed by atoms with van der Waals surface area (Å²) in [4.78, 5) is 61.0. The first-order chi connectivity index (χ1) is 25.5. The van der Waals surface area contributed by atoms with Crippen LogP contribution in [0, 0.1) is 12.7 Å². The molecule has 0 fully saturated rings. The summed E-state index contributed by atoms with van der Waals surface area (Å²) < 4.78 is 38.3. The van der Waals surface area contributed by atoms with E-state index in [2.05, 4.69) is 16.7 Å². The molecular formula is C34H47Cl2FN5O9PS2. The number of carbonyl (C=O) groups excluding carboxylic acids is 2. The Hall–Kier alpha value is -3.02. The number of carbonyl (C=O) groups is 3. The van der Waals surface area contributed by atoms with E-state index in [-0.39, 0.29) is 52.4 Å². The van der Waals surface area contributed by atoms with Gasteiger partial charge in [-0.1, -0.05) is 36.7 Å². The number of anilines is 1. The van der Waals surface area contributed by atoms with Crippen molar-refractivity contribution in [1.29, 1.82) is 0 Å². The maximum absolute atomic E-state index is 14.3. The van der Waals surface area contributed by atoms with E-state index in [0.717, 1.165) is 65.2 Å². The average Bonchev–Trinajstić information content (AvgIpc) is 3.45. The van der Waals surface area contributed by atoms with E-state index < -0.39 is 31.2 Å². The number of aromatic nitrogens is 2. The third kappa shape index (κ3) is 14.9. The van der Waals surface area contributed by atoms with Crippen molar-refractivity contribution in [3.8, 4) is 0 Å². The van der Waals surface area contributed by atoms with Gasteiger partial charge in [0, 0.05) is 37.4 Å². The number of benzene rings is 2. The van der Waals surface area contributed by atoms with Gasteiger partial charge in [-0.2, -0.15) is 0 Å². The number of para-hydroxylation sites is 1. The highest BCUT2D eigenvalue weighted by molar-refractivity contribution is 8.00. The number of fused-ring (bicyclic) bond motifs is 1. The minimum Gasteiger partial charge on any atom is -0.480 e. The molecule has 1 aliphatic rings. The predicted molar refractivity (Wildman–Crippen MR) is 211 cm³/mol. The van der Waals surface area contributed by atoms with Gasteiger partial charge in [0.25, 0.3) is 0 Å². The molecule has 1 aliphatic heterocycles. The molecule has 4 N–H and O–H groups in total. The molecule has 2 unspecified atom stereocenters. The van der Waals surface area contributed by atoms with Gasteiger partial charge in [-0.3, -0.25) is 33.3 Å². The van der Waals surface area contributed by atoms with Crippen molar-refractivity contribution in [3.63, 3.8) is 0 Å². The number of rotatable bonds is 14. The SMILES string of the molecule is CCOCN(C(=O)CCl)c1c(C)cccc1CC.COC(=O)CSc1cc(/N=c2\sc(=O)n3n2CCCC3)c(F)cc1Cl.CP(=O)(O)CCC(N)C(=O)O. The zero-order chi connectivity index (χ0) is 40.6. The quantitative estimate of drug-likeness (QED) is 0.0600. The van der Waals surface area contributed by atoms with E-state index in [1.165, 1.54) is 19.8 Å². The number of thioether (sulfide) groups is 1. The smallest absolute Gasteiger partial charge is 0.325 e. The third-order valence-electron chi connectivity index (χ3n) is 7.67. The van der Waals surface area contributed by atoms with Gasteiger partial charge >= 0.3 is 16.8 Å². The van der Waals surface area contributed by atoms with Crippen LogP contribution in [0.15, 0.2) is 45.0 Å². The Bertz CT molecular complexity index is 1920. The van der Waals surface area contributed by atoms with Crippen molar-refractivity contribution in [2.24, 2.45) is 10.7 Å². The average molecular weight is 855 g/mol. The number of ether oxygens (including phenoxy) is 2. The third-order valence-corrected chi connectivity index (χ3v) is 11.3. The lowest BCUT2D eigenvalue weighted by Gasteiger charge is -2.25. The van der Waals surface area contributed by atoms with Crippen LogP contribution in [0.4, 0.5) is 15.8 Å². The molecule has 3 aromatic rings. The van der Waals surface area contributed by atoms with Gasteiger partial charge in [-0.15, -0.1) is 23.4 Å². The van der Waals surface area contributed by atoms with Gasteiger partial charge in [0.05, 0.1) is 23.6 Å². The van der Waals surface area contributed by atoms with Gasteiger partial charge in [0.1, 0.15) is 30.2 Å². The maximum atomic E-state index is 14.3. The van der Waals surface area contributed by atoms with E-state index in [0.29, 0.717) is 29.4 Å². The molecule has 0 radical (unpaired) electrons. The molecule has 0 bridgehead atoms. The monoisotopic (exact) mass is 853 g/mol. The summed E-state index contributed by atoms with van der Waals surface area (Å²) in [5.41, 5.74) is 8.30. The number of hydrogen-bond acceptors (Lipinski definition) is 11. The second-order valence-corrected chi connectivity index (χ2v) is 17.0. The molecule has 300 valence electrons. The summed E-state index contributed by atoms with van der Waals surface area (Å²) >= 11 is 13.8. The molecule has 1 amide bonds. The van der Waals surface area contributed by atoms with Crippen molar-refractivity contribution in [2.45, 2.75) is 70.5 Å². The topological polar surface area (TPSA) is 196 Å². The molecule has 0 saturated carbocycles. The van der Waals surface area contributed by atoms with E-state index in [4.69, 9.17) is 43.7 Å². The van der Waals surface area contributed by atoms with Crippen LogP contribution in [0.5, 0.6) is 0 Å². The minimum absolute atomic E-state index is 0.0371. The fourth-order valence-corrected chi connectivity index (χ4v) is 7.73. The zero-order valence-corrected chi connectivity index (χ0v) is 34.8. The molecule has 14 nitrogen and oxygen atoms in total. The minimum atomic E-state index is -3.10. The summed E-state index contributed by atoms with van der Waals surface area (Å²) in [5.74, 6) is -2.23. The normalized spacial score (nSPS) is 14.0. The fraction of sp³-hybridized carbons (Fsp3) is 0.500. The molecule has 4 rings (SSSR count). The largest absolute Gasteiger partial charge is 0.480 e. The Morgan fingerprint density at radius 1 is 1.20 bits per heavy atom. The number of nitrogens with two attached hydrogens (primary N) is 1. The van der Waals surface area contributed by atoms with Crippen molar-refractivity contribution in [1.82, 2.24) is 9.36 Å². The summed E-state index contributed by atoms with van der Waals surface area (Å²) in [6.07, 6.45) is 2.77. The highest BCUT2D eigenvalue weighted by Gasteiger charge is 2.20. The highest BCUT2D eigenvalue weighted by Crippen LogP contribution is 2.36. The highest BCUT2D eigenvalue weighted by atomic mass is 35.5. The zero-order valence-electron chi connectivity index (χ0n) is 30.8. The number of hydrogen-bond donors (Lipinski definition) is 3. The summed E-state index contributed by atoms with van der Waals surface area (Å²) in [6, 6.07) is 7.64. The van der Waals surface area contributed by atoms with Crippen LogP contribution in [0.25, 0.3) is 0 Å². The molecule has 20 heteroatoms. The molecule has 0 spiro atoms. The number of methoxy groups -OCH3 is 1. The summed E-state index contributed by atoms with van der Waals surface area (Å²) in [5, 5.41) is 8.48. The van der Waals surface area contributed by atoms with E-state index in [1.807, 2.05) is 32.0 Å². The summed E-state index contributed by atoms with van der Waals surface area (Å²) in [7, 11) is -1.81. The van der Waals surface area contributed by atoms with Crippen LogP contribution in [0.2, 0.25) is 5.02 Å². The molecular weight excluding hydrogens is 807 g/mol. The number of aryl methyl sites for hydroxylation is 2. The standard InChI is InChI=1S/C15H15ClFN3O3S2.C14H20ClNO2.C5H12NO4P/c1-23-13(21)8-24-12-7-11(10(17)6-9(12)16)18-14-19-4-2-3-5-20(19)15(22)25-14;1-4-12-8-6-7-11(3)14(12)16(10-18-5-2)13(17)9-15;1-11(9,10)3-2-4(6)5(7)8/h6-7H,2-5,8H2,1H3;6-8H,4-5,9-10H2,1-3H3;4H,2-3,6H2,1H3,(H,7,8)(H,9,10)/b18-14-;;. The predicted octanol–water partition coefficient (Wildman–Crippen LogP) is 5.61. The summed E-state index contributed by atoms with van der Waals surface area (Å²) in [6.45, 7) is 9.30.